The highest BCUT2D eigenvalue weighted by atomic mass is 16.7. The Labute approximate surface area is 126 Å². The number of hydrogen-bond acceptors (Lipinski definition) is 10. The third-order valence-corrected chi connectivity index (χ3v) is 3.84. The van der Waals surface area contributed by atoms with Gasteiger partial charge in [-0.25, -0.2) is 0 Å². The van der Waals surface area contributed by atoms with Gasteiger partial charge in [-0.3, -0.25) is 0 Å². The standard InChI is InChI=1S/C12H22O10/c13-2-4-1-5(15)7(16)12(20-4)22-10-9(18)8(17)6(3-14)21-11(10)19/h4-19H,1-3H2/t4-,5-,6+,7-,8+,9-,10-,11-,12+/m0/s1. The van der Waals surface area contributed by atoms with Gasteiger partial charge in [-0.1, -0.05) is 0 Å². The van der Waals surface area contributed by atoms with Gasteiger partial charge in [0.15, 0.2) is 12.6 Å². The Morgan fingerprint density at radius 2 is 1.55 bits per heavy atom. The minimum absolute atomic E-state index is 0.000980. The second-order valence-electron chi connectivity index (χ2n) is 5.43. The molecule has 0 aromatic heterocycles. The smallest absolute Gasteiger partial charge is 0.187 e. The highest BCUT2D eigenvalue weighted by Gasteiger charge is 2.48. The predicted octanol–water partition coefficient (Wildman–Crippen LogP) is -4.37. The summed E-state index contributed by atoms with van der Waals surface area (Å²) in [6.07, 6.45) is -12.4. The van der Waals surface area contributed by atoms with Gasteiger partial charge in [-0.2, -0.15) is 0 Å². The molecule has 7 N–H and O–H groups in total. The van der Waals surface area contributed by atoms with Crippen molar-refractivity contribution in [3.63, 3.8) is 0 Å². The van der Waals surface area contributed by atoms with Crippen LogP contribution in [-0.4, -0.2) is 104 Å². The molecule has 0 unspecified atom stereocenters. The third-order valence-electron chi connectivity index (χ3n) is 3.84. The molecule has 2 aliphatic heterocycles. The zero-order valence-corrected chi connectivity index (χ0v) is 11.7. The summed E-state index contributed by atoms with van der Waals surface area (Å²) in [6.45, 7) is -1.03. The van der Waals surface area contributed by atoms with E-state index in [1.165, 1.54) is 0 Å². The lowest BCUT2D eigenvalue weighted by atomic mass is 9.98. The van der Waals surface area contributed by atoms with Gasteiger partial charge in [0.2, 0.25) is 0 Å². The van der Waals surface area contributed by atoms with E-state index in [1.54, 1.807) is 0 Å². The van der Waals surface area contributed by atoms with Gasteiger partial charge in [-0.05, 0) is 0 Å². The van der Waals surface area contributed by atoms with Crippen LogP contribution in [0.4, 0.5) is 0 Å². The fourth-order valence-electron chi connectivity index (χ4n) is 2.52. The van der Waals surface area contributed by atoms with E-state index in [-0.39, 0.29) is 6.42 Å². The fraction of sp³-hybridized carbons (Fsp3) is 1.00. The maximum Gasteiger partial charge on any atom is 0.187 e. The lowest BCUT2D eigenvalue weighted by Gasteiger charge is -2.43. The SMILES string of the molecule is OC[C@@H]1C[C@H](O)[C@H](O)[C@@H](O[C@H]2[C@@H](O)[C@H](O)[C@@H](CO)O[C@@H]2O)O1. The summed E-state index contributed by atoms with van der Waals surface area (Å²) in [4.78, 5) is 0. The number of ether oxygens (including phenoxy) is 3. The number of rotatable bonds is 4. The summed E-state index contributed by atoms with van der Waals surface area (Å²) in [5.74, 6) is 0. The van der Waals surface area contributed by atoms with Gasteiger partial charge < -0.3 is 50.0 Å². The van der Waals surface area contributed by atoms with Crippen LogP contribution in [0.5, 0.6) is 0 Å². The Balaban J connectivity index is 2.04. The molecular formula is C12H22O10. The molecule has 0 aromatic carbocycles. The second-order valence-corrected chi connectivity index (χ2v) is 5.43. The quantitative estimate of drug-likeness (QED) is 0.268. The summed E-state index contributed by atoms with van der Waals surface area (Å²) in [6, 6.07) is 0. The molecule has 0 bridgehead atoms. The fourth-order valence-corrected chi connectivity index (χ4v) is 2.52. The first-order chi connectivity index (χ1) is 10.4. The first-order valence-electron chi connectivity index (χ1n) is 6.97. The summed E-state index contributed by atoms with van der Waals surface area (Å²) in [7, 11) is 0. The molecule has 0 aromatic rings. The largest absolute Gasteiger partial charge is 0.394 e. The second kappa shape index (κ2) is 7.45. The van der Waals surface area contributed by atoms with Crippen LogP contribution in [0.15, 0.2) is 0 Å². The zero-order chi connectivity index (χ0) is 16.4. The average Bonchev–Trinajstić information content (AvgIpc) is 2.50. The lowest BCUT2D eigenvalue weighted by Crippen LogP contribution is -2.62. The van der Waals surface area contributed by atoms with E-state index in [0.717, 1.165) is 0 Å². The maximum absolute atomic E-state index is 9.94. The first kappa shape index (κ1) is 17.9. The molecule has 0 amide bonds. The van der Waals surface area contributed by atoms with Crippen LogP contribution in [0.1, 0.15) is 6.42 Å². The molecule has 0 aliphatic carbocycles. The van der Waals surface area contributed by atoms with E-state index < -0.39 is 68.5 Å². The van der Waals surface area contributed by atoms with E-state index in [1.807, 2.05) is 0 Å². The molecule has 2 rings (SSSR count). The van der Waals surface area contributed by atoms with Gasteiger partial charge >= 0.3 is 0 Å². The van der Waals surface area contributed by atoms with Crippen LogP contribution in [0.3, 0.4) is 0 Å². The monoisotopic (exact) mass is 326 g/mol. The Hall–Kier alpha value is -0.400. The average molecular weight is 326 g/mol. The molecule has 2 heterocycles. The Morgan fingerprint density at radius 3 is 2.14 bits per heavy atom. The van der Waals surface area contributed by atoms with Crippen molar-refractivity contribution in [3.8, 4) is 0 Å². The minimum atomic E-state index is -1.68. The van der Waals surface area contributed by atoms with Gasteiger partial charge in [-0.15, -0.1) is 0 Å². The normalized spacial score (nSPS) is 50.0. The Morgan fingerprint density at radius 1 is 0.864 bits per heavy atom. The van der Waals surface area contributed by atoms with Crippen molar-refractivity contribution >= 4 is 0 Å². The van der Waals surface area contributed by atoms with Crippen molar-refractivity contribution in [2.75, 3.05) is 13.2 Å². The van der Waals surface area contributed by atoms with E-state index >= 15 is 0 Å². The maximum atomic E-state index is 9.94. The van der Waals surface area contributed by atoms with Gasteiger partial charge in [0.05, 0.1) is 25.4 Å². The Kier molecular flexibility index (Phi) is 6.07. The highest BCUT2D eigenvalue weighted by molar-refractivity contribution is 4.91. The molecule has 10 nitrogen and oxygen atoms in total. The van der Waals surface area contributed by atoms with Crippen LogP contribution in [-0.2, 0) is 14.2 Å². The van der Waals surface area contributed by atoms with E-state index in [9.17, 15) is 25.5 Å². The van der Waals surface area contributed by atoms with E-state index in [2.05, 4.69) is 0 Å². The van der Waals surface area contributed by atoms with Crippen molar-refractivity contribution < 1.29 is 50.0 Å². The lowest BCUT2D eigenvalue weighted by molar-refractivity contribution is -0.351. The van der Waals surface area contributed by atoms with Crippen molar-refractivity contribution in [3.05, 3.63) is 0 Å². The molecule has 9 atom stereocenters. The number of aliphatic hydroxyl groups excluding tert-OH is 7. The molecule has 0 saturated carbocycles. The zero-order valence-electron chi connectivity index (χ0n) is 11.7. The number of hydrogen-bond donors (Lipinski definition) is 7. The third kappa shape index (κ3) is 3.57. The van der Waals surface area contributed by atoms with Crippen LogP contribution in [0.2, 0.25) is 0 Å². The molecule has 10 heteroatoms. The predicted molar refractivity (Wildman–Crippen MR) is 67.2 cm³/mol. The first-order valence-corrected chi connectivity index (χ1v) is 6.97. The van der Waals surface area contributed by atoms with Crippen LogP contribution in [0, 0.1) is 0 Å². The van der Waals surface area contributed by atoms with Crippen LogP contribution >= 0.6 is 0 Å². The molecule has 0 spiro atoms. The van der Waals surface area contributed by atoms with Crippen molar-refractivity contribution in [1.82, 2.24) is 0 Å². The van der Waals surface area contributed by atoms with Crippen LogP contribution < -0.4 is 0 Å². The molecule has 2 fully saturated rings. The molecule has 2 saturated heterocycles. The summed E-state index contributed by atoms with van der Waals surface area (Å²) in [5, 5.41) is 67.0. The van der Waals surface area contributed by atoms with Crippen molar-refractivity contribution in [2.45, 2.75) is 61.7 Å². The Bertz CT molecular complexity index is 355. The van der Waals surface area contributed by atoms with Crippen molar-refractivity contribution in [2.24, 2.45) is 0 Å². The van der Waals surface area contributed by atoms with E-state index in [0.29, 0.717) is 0 Å². The highest BCUT2D eigenvalue weighted by Crippen LogP contribution is 2.27. The molecule has 2 aliphatic rings. The van der Waals surface area contributed by atoms with Gasteiger partial charge in [0, 0.05) is 6.42 Å². The van der Waals surface area contributed by atoms with Gasteiger partial charge in [0.25, 0.3) is 0 Å². The number of aliphatic hydroxyl groups is 7. The summed E-state index contributed by atoms with van der Waals surface area (Å²) in [5.41, 5.74) is 0. The summed E-state index contributed by atoms with van der Waals surface area (Å²) >= 11 is 0. The minimum Gasteiger partial charge on any atom is -0.394 e. The topological polar surface area (TPSA) is 169 Å². The molecule has 0 radical (unpaired) electrons. The van der Waals surface area contributed by atoms with Crippen molar-refractivity contribution in [1.29, 1.82) is 0 Å². The molecule has 130 valence electrons. The molecular weight excluding hydrogens is 304 g/mol. The van der Waals surface area contributed by atoms with Crippen LogP contribution in [0.25, 0.3) is 0 Å². The van der Waals surface area contributed by atoms with E-state index in [4.69, 9.17) is 24.4 Å². The summed E-state index contributed by atoms with van der Waals surface area (Å²) < 4.78 is 15.3. The molecule has 22 heavy (non-hydrogen) atoms. The van der Waals surface area contributed by atoms with Gasteiger partial charge in [0.1, 0.15) is 30.5 Å².